The zero-order valence-corrected chi connectivity index (χ0v) is 17.2. The first-order valence-corrected chi connectivity index (χ1v) is 11.2. The van der Waals surface area contributed by atoms with Crippen LogP contribution in [-0.4, -0.2) is 42.1 Å². The number of carbonyl (C=O) groups is 1. The van der Waals surface area contributed by atoms with Crippen molar-refractivity contribution >= 4 is 22.4 Å². The van der Waals surface area contributed by atoms with Gasteiger partial charge in [-0.15, -0.1) is 0 Å². The Morgan fingerprint density at radius 1 is 1.14 bits per heavy atom. The van der Waals surface area contributed by atoms with E-state index in [0.29, 0.717) is 12.3 Å². The predicted octanol–water partition coefficient (Wildman–Crippen LogP) is 4.55. The highest BCUT2D eigenvalue weighted by atomic mass is 32.1. The lowest BCUT2D eigenvalue weighted by Gasteiger charge is -2.26. The maximum absolute atomic E-state index is 12.6. The van der Waals surface area contributed by atoms with E-state index < -0.39 is 0 Å². The van der Waals surface area contributed by atoms with E-state index in [0.717, 1.165) is 49.2 Å². The summed E-state index contributed by atoms with van der Waals surface area (Å²) in [4.78, 5) is 21.0. The normalized spacial score (nSPS) is 18.9. The van der Waals surface area contributed by atoms with Crippen molar-refractivity contribution in [3.63, 3.8) is 0 Å². The van der Waals surface area contributed by atoms with Gasteiger partial charge in [0, 0.05) is 36.5 Å². The van der Waals surface area contributed by atoms with Crippen LogP contribution in [0.25, 0.3) is 11.3 Å². The van der Waals surface area contributed by atoms with E-state index >= 15 is 0 Å². The third kappa shape index (κ3) is 5.19. The van der Waals surface area contributed by atoms with Gasteiger partial charge in [-0.05, 0) is 18.8 Å². The maximum Gasteiger partial charge on any atom is 0.226 e. The minimum Gasteiger partial charge on any atom is -0.379 e. The largest absolute Gasteiger partial charge is 0.379 e. The summed E-state index contributed by atoms with van der Waals surface area (Å²) >= 11 is 1.61. The molecule has 6 heteroatoms. The van der Waals surface area contributed by atoms with E-state index in [2.05, 4.69) is 22.3 Å². The summed E-state index contributed by atoms with van der Waals surface area (Å²) in [6, 6.07) is 10.3. The topological polar surface area (TPSA) is 54.5 Å². The van der Waals surface area contributed by atoms with Crippen LogP contribution in [0.5, 0.6) is 0 Å². The number of morpholine rings is 1. The Labute approximate surface area is 171 Å². The molecule has 2 aliphatic rings. The number of carbonyl (C=O) groups excluding carboxylic acids is 1. The second kappa shape index (κ2) is 9.63. The second-order valence-electron chi connectivity index (χ2n) is 7.80. The summed E-state index contributed by atoms with van der Waals surface area (Å²) in [5, 5.41) is 3.81. The molecule has 0 unspecified atom stereocenters. The molecule has 1 aliphatic carbocycles. The van der Waals surface area contributed by atoms with Crippen LogP contribution < -0.4 is 5.32 Å². The number of hydrogen-bond acceptors (Lipinski definition) is 5. The lowest BCUT2D eigenvalue weighted by atomic mass is 9.87. The van der Waals surface area contributed by atoms with Crippen LogP contribution in [0.15, 0.2) is 30.3 Å². The molecule has 1 amide bonds. The summed E-state index contributed by atoms with van der Waals surface area (Å²) < 4.78 is 5.47. The molecule has 150 valence electrons. The van der Waals surface area contributed by atoms with Crippen LogP contribution in [0, 0.1) is 5.92 Å². The van der Waals surface area contributed by atoms with Crippen molar-refractivity contribution in [2.75, 3.05) is 31.6 Å². The molecule has 1 aromatic carbocycles. The molecule has 1 aliphatic heterocycles. The second-order valence-corrected chi connectivity index (χ2v) is 8.89. The molecule has 1 N–H and O–H groups in total. The summed E-state index contributed by atoms with van der Waals surface area (Å²) in [6.45, 7) is 4.30. The van der Waals surface area contributed by atoms with Crippen molar-refractivity contribution in [2.24, 2.45) is 5.92 Å². The highest BCUT2D eigenvalue weighted by Gasteiger charge is 2.21. The van der Waals surface area contributed by atoms with E-state index in [1.54, 1.807) is 11.3 Å². The Hall–Kier alpha value is -1.76. The molecule has 2 fully saturated rings. The lowest BCUT2D eigenvalue weighted by molar-refractivity contribution is -0.117. The molecular formula is C22H29N3O2S. The summed E-state index contributed by atoms with van der Waals surface area (Å²) in [6.07, 6.45) is 6.83. The maximum atomic E-state index is 12.6. The van der Waals surface area contributed by atoms with Crippen LogP contribution in [0.3, 0.4) is 0 Å². The molecule has 2 heterocycles. The molecule has 2 aromatic rings. The first kappa shape index (κ1) is 19.6. The predicted molar refractivity (Wildman–Crippen MR) is 113 cm³/mol. The van der Waals surface area contributed by atoms with Gasteiger partial charge in [0.05, 0.1) is 18.9 Å². The molecule has 1 saturated heterocycles. The third-order valence-electron chi connectivity index (χ3n) is 5.66. The van der Waals surface area contributed by atoms with Crippen molar-refractivity contribution < 1.29 is 9.53 Å². The standard InChI is InChI=1S/C22H29N3O2S/c26-20(15-17-7-3-1-4-8-17)23-22-24-21(18-9-5-2-6-10-18)19(28-22)16-25-11-13-27-14-12-25/h2,5-6,9-10,17H,1,3-4,7-8,11-16H2,(H,23,24,26). The van der Waals surface area contributed by atoms with Gasteiger partial charge in [-0.3, -0.25) is 9.69 Å². The van der Waals surface area contributed by atoms with Gasteiger partial charge in [-0.2, -0.15) is 0 Å². The first-order chi connectivity index (χ1) is 13.8. The van der Waals surface area contributed by atoms with Crippen molar-refractivity contribution in [2.45, 2.75) is 45.1 Å². The number of thiazole rings is 1. The number of amides is 1. The molecule has 1 saturated carbocycles. The fourth-order valence-electron chi connectivity index (χ4n) is 4.12. The Morgan fingerprint density at radius 3 is 2.64 bits per heavy atom. The minimum absolute atomic E-state index is 0.109. The molecule has 0 radical (unpaired) electrons. The van der Waals surface area contributed by atoms with Gasteiger partial charge in [-0.25, -0.2) is 4.98 Å². The van der Waals surface area contributed by atoms with Gasteiger partial charge < -0.3 is 10.1 Å². The highest BCUT2D eigenvalue weighted by Crippen LogP contribution is 2.33. The van der Waals surface area contributed by atoms with Crippen molar-refractivity contribution in [3.8, 4) is 11.3 Å². The number of aromatic nitrogens is 1. The molecule has 28 heavy (non-hydrogen) atoms. The lowest BCUT2D eigenvalue weighted by Crippen LogP contribution is -2.35. The van der Waals surface area contributed by atoms with E-state index in [4.69, 9.17) is 9.72 Å². The van der Waals surface area contributed by atoms with Crippen molar-refractivity contribution in [1.82, 2.24) is 9.88 Å². The van der Waals surface area contributed by atoms with Crippen LogP contribution >= 0.6 is 11.3 Å². The highest BCUT2D eigenvalue weighted by molar-refractivity contribution is 7.16. The molecule has 5 nitrogen and oxygen atoms in total. The average molecular weight is 400 g/mol. The number of nitrogens with one attached hydrogen (secondary N) is 1. The van der Waals surface area contributed by atoms with Crippen LogP contribution in [-0.2, 0) is 16.1 Å². The Kier molecular flexibility index (Phi) is 6.73. The minimum atomic E-state index is 0.109. The summed E-state index contributed by atoms with van der Waals surface area (Å²) in [7, 11) is 0. The van der Waals surface area contributed by atoms with Gasteiger partial charge >= 0.3 is 0 Å². The molecule has 0 atom stereocenters. The van der Waals surface area contributed by atoms with E-state index in [-0.39, 0.29) is 5.91 Å². The van der Waals surface area contributed by atoms with Crippen molar-refractivity contribution in [3.05, 3.63) is 35.2 Å². The number of ether oxygens (including phenoxy) is 1. The van der Waals surface area contributed by atoms with Gasteiger partial charge in [0.2, 0.25) is 5.91 Å². The quantitative estimate of drug-likeness (QED) is 0.774. The molecule has 4 rings (SSSR count). The van der Waals surface area contributed by atoms with E-state index in [1.807, 2.05) is 18.2 Å². The number of rotatable bonds is 6. The molecular weight excluding hydrogens is 370 g/mol. The SMILES string of the molecule is O=C(CC1CCCCC1)Nc1nc(-c2ccccc2)c(CN2CCOCC2)s1. The number of benzene rings is 1. The third-order valence-corrected chi connectivity index (χ3v) is 6.62. The van der Waals surface area contributed by atoms with Crippen LogP contribution in [0.1, 0.15) is 43.4 Å². The fourth-order valence-corrected chi connectivity index (χ4v) is 5.16. The van der Waals surface area contributed by atoms with E-state index in [1.165, 1.54) is 37.0 Å². The van der Waals surface area contributed by atoms with Gasteiger partial charge in [0.15, 0.2) is 5.13 Å². The van der Waals surface area contributed by atoms with E-state index in [9.17, 15) is 4.79 Å². The fraction of sp³-hybridized carbons (Fsp3) is 0.545. The Bertz CT molecular complexity index is 765. The zero-order chi connectivity index (χ0) is 19.2. The molecule has 0 bridgehead atoms. The number of anilines is 1. The number of hydrogen-bond donors (Lipinski definition) is 1. The Balaban J connectivity index is 1.48. The van der Waals surface area contributed by atoms with Crippen LogP contribution in [0.2, 0.25) is 0 Å². The van der Waals surface area contributed by atoms with Crippen molar-refractivity contribution in [1.29, 1.82) is 0 Å². The van der Waals surface area contributed by atoms with Crippen LogP contribution in [0.4, 0.5) is 5.13 Å². The first-order valence-electron chi connectivity index (χ1n) is 10.4. The zero-order valence-electron chi connectivity index (χ0n) is 16.4. The van der Waals surface area contributed by atoms with Gasteiger partial charge in [0.1, 0.15) is 0 Å². The average Bonchev–Trinajstić information content (AvgIpc) is 3.12. The molecule has 0 spiro atoms. The van der Waals surface area contributed by atoms with Gasteiger partial charge in [0.25, 0.3) is 0 Å². The van der Waals surface area contributed by atoms with Gasteiger partial charge in [-0.1, -0.05) is 60.9 Å². The smallest absolute Gasteiger partial charge is 0.226 e. The molecule has 1 aromatic heterocycles. The number of nitrogens with zero attached hydrogens (tertiary/aromatic N) is 2. The monoisotopic (exact) mass is 399 g/mol. The summed E-state index contributed by atoms with van der Waals surface area (Å²) in [5.41, 5.74) is 2.10. The summed E-state index contributed by atoms with van der Waals surface area (Å²) in [5.74, 6) is 0.647. The Morgan fingerprint density at radius 2 is 1.89 bits per heavy atom.